The van der Waals surface area contributed by atoms with E-state index in [0.717, 1.165) is 80.6 Å². The number of ether oxygens (including phenoxy) is 10. The van der Waals surface area contributed by atoms with Crippen molar-refractivity contribution in [2.45, 2.75) is 155 Å². The predicted octanol–water partition coefficient (Wildman–Crippen LogP) is 7.03. The van der Waals surface area contributed by atoms with Crippen LogP contribution in [-0.2, 0) is 20.0 Å². The second kappa shape index (κ2) is 38.8. The molecule has 8 aliphatic rings. The number of fused-ring (bicyclic) bond motifs is 4. The molecule has 0 aromatic heterocycles. The van der Waals surface area contributed by atoms with Crippen molar-refractivity contribution >= 4 is 71.2 Å². The van der Waals surface area contributed by atoms with Gasteiger partial charge in [-0.2, -0.15) is 13.8 Å². The second-order valence-electron chi connectivity index (χ2n) is 23.6. The van der Waals surface area contributed by atoms with Crippen LogP contribution in [0.4, 0.5) is 27.2 Å². The summed E-state index contributed by atoms with van der Waals surface area (Å²) in [7, 11) is 0. The summed E-state index contributed by atoms with van der Waals surface area (Å²) < 4.78 is 109. The average molecular weight is 1400 g/mol. The first-order chi connectivity index (χ1) is 42.0. The van der Waals surface area contributed by atoms with E-state index in [-0.39, 0.29) is 128 Å². The summed E-state index contributed by atoms with van der Waals surface area (Å²) in [5, 5.41) is 14.8. The first kappa shape index (κ1) is 81.6. The molecule has 2 atom stereocenters. The quantitative estimate of drug-likeness (QED) is 0.121. The van der Waals surface area contributed by atoms with Crippen LogP contribution in [-0.4, -0.2) is 160 Å². The number of aliphatic hydroxyl groups is 1. The topological polar surface area (TPSA) is 195 Å². The van der Waals surface area contributed by atoms with Gasteiger partial charge < -0.3 is 78.0 Å². The molecule has 3 amide bonds. The molecule has 2 N–H and O–H groups in total. The van der Waals surface area contributed by atoms with Crippen molar-refractivity contribution in [2.75, 3.05) is 79.0 Å². The third kappa shape index (κ3) is 23.6. The zero-order valence-corrected chi connectivity index (χ0v) is 60.1. The number of benzene rings is 4. The number of amides is 3. The van der Waals surface area contributed by atoms with Gasteiger partial charge in [-0.15, -0.1) is 0 Å². The van der Waals surface area contributed by atoms with Gasteiger partial charge in [-0.1, -0.05) is 6.42 Å². The number of rotatable bonds is 3. The van der Waals surface area contributed by atoms with Crippen LogP contribution >= 0.6 is 15.9 Å². The van der Waals surface area contributed by atoms with Crippen molar-refractivity contribution in [2.24, 2.45) is 4.99 Å². The van der Waals surface area contributed by atoms with Gasteiger partial charge >= 0.3 is 64.8 Å². The molecule has 0 aliphatic carbocycles. The molecule has 0 saturated carbocycles. The number of hydrogen-bond donors (Lipinski definition) is 2. The molecule has 3 saturated heterocycles. The number of piperidine rings is 3. The van der Waals surface area contributed by atoms with E-state index in [1.807, 2.05) is 20.3 Å². The minimum atomic E-state index is -1.70. The van der Waals surface area contributed by atoms with Crippen molar-refractivity contribution in [3.8, 4) is 46.0 Å². The Morgan fingerprint density at radius 2 is 1.12 bits per heavy atom. The molecule has 92 heavy (non-hydrogen) atoms. The Bertz CT molecular complexity index is 3080. The fourth-order valence-corrected chi connectivity index (χ4v) is 10.9. The zero-order chi connectivity index (χ0) is 63.6. The molecule has 3 radical (unpaired) electrons. The molecule has 27 heteroatoms. The van der Waals surface area contributed by atoms with E-state index in [2.05, 4.69) is 26.2 Å². The number of aliphatic imine (C=N–C) groups is 1. The summed E-state index contributed by atoms with van der Waals surface area (Å²) in [5.41, 5.74) is -0.123. The van der Waals surface area contributed by atoms with Gasteiger partial charge in [-0.25, -0.2) is 32.1 Å². The Balaban J connectivity index is 0.000000394. The van der Waals surface area contributed by atoms with Gasteiger partial charge in [-0.05, 0) is 146 Å². The molecular formula is C65H85BBrClF4MgN4NaO14. The average Bonchev–Trinajstić information content (AvgIpc) is 0.774. The second-order valence-corrected chi connectivity index (χ2v) is 24.5. The van der Waals surface area contributed by atoms with E-state index >= 15 is 0 Å². The van der Waals surface area contributed by atoms with E-state index in [1.165, 1.54) is 65.1 Å². The monoisotopic (exact) mass is 1390 g/mol. The summed E-state index contributed by atoms with van der Waals surface area (Å²) in [6.07, 6.45) is 11.2. The van der Waals surface area contributed by atoms with Crippen LogP contribution in [0.25, 0.3) is 0 Å². The first-order valence-corrected chi connectivity index (χ1v) is 31.1. The molecule has 8 aliphatic heterocycles. The van der Waals surface area contributed by atoms with Crippen LogP contribution in [0.5, 0.6) is 46.0 Å². The van der Waals surface area contributed by atoms with Gasteiger partial charge in [0.15, 0.2) is 51.7 Å². The molecule has 8 heterocycles. The number of likely N-dealkylation sites (tertiary alicyclic amines) is 2. The standard InChI is InChI=1S/C18H24FNO5.C13H16FNO2.C13H14FNO2.C10H17NO3.C8H6BrFO2.C3H7.B.ClH.Mg.Na.H/c1-17(2,3)25-16(21)20-7-5-4-6-18(20,22)13-10-12(19)11-14-15(13)24-9-8-23-14;2*14-9-7-10(11-3-1-2-4-15-11)13-12(8-9)16-5-6-17-13;1-10(2,3)14-9(13)11-7-5-4-6-8(11)12;9-6-3-5(10)4-7-8(6)12-2-1-11-7;1-3-2;;;;;/h10-11,22H,4-9H2,1-3H3;7-8,11,15H,1-6H2;7-8H,1-6H2;4-7H2,1-3H3;3-4H,1-2H2;3H,1-2H3;;1H;;;/q;;;;;-1;;;+2;+1;-1/p-1. The van der Waals surface area contributed by atoms with Crippen LogP contribution in [0.1, 0.15) is 157 Å². The summed E-state index contributed by atoms with van der Waals surface area (Å²) >= 11 is 3.19. The van der Waals surface area contributed by atoms with Gasteiger partial charge in [-0.3, -0.25) is 14.7 Å². The number of carbonyl (C=O) groups excluding carboxylic acids is 3. The number of hydrogen-bond acceptors (Lipinski definition) is 16. The third-order valence-electron chi connectivity index (χ3n) is 14.1. The number of nitrogens with zero attached hydrogens (tertiary/aromatic N) is 3. The molecule has 18 nitrogen and oxygen atoms in total. The maximum atomic E-state index is 14.1. The van der Waals surface area contributed by atoms with Crippen molar-refractivity contribution in [3.63, 3.8) is 0 Å². The van der Waals surface area contributed by atoms with Crippen molar-refractivity contribution in [1.29, 1.82) is 0 Å². The molecule has 4 aromatic rings. The van der Waals surface area contributed by atoms with Crippen molar-refractivity contribution in [1.82, 2.24) is 15.1 Å². The van der Waals surface area contributed by atoms with Crippen LogP contribution in [0.2, 0.25) is 0 Å². The minimum Gasteiger partial charge on any atom is -1.00 e. The molecule has 0 bridgehead atoms. The Hall–Kier alpha value is -4.60. The zero-order valence-electron chi connectivity index (χ0n) is 55.4. The van der Waals surface area contributed by atoms with Crippen LogP contribution in [0, 0.1) is 29.7 Å². The van der Waals surface area contributed by atoms with E-state index in [0.29, 0.717) is 112 Å². The number of halogens is 6. The van der Waals surface area contributed by atoms with Crippen LogP contribution in [0.3, 0.4) is 0 Å². The fraction of sp³-hybridized carbons (Fsp3) is 0.554. The first-order valence-electron chi connectivity index (χ1n) is 30.3. The molecule has 497 valence electrons. The van der Waals surface area contributed by atoms with Gasteiger partial charge in [0.25, 0.3) is 0 Å². The summed E-state index contributed by atoms with van der Waals surface area (Å²) in [5.74, 6) is 2.44. The van der Waals surface area contributed by atoms with Crippen LogP contribution in [0.15, 0.2) is 58.0 Å². The smallest absolute Gasteiger partial charge is 1.00 e. The number of carbonyl (C=O) groups is 3. The fourth-order valence-electron chi connectivity index (χ4n) is 10.4. The van der Waals surface area contributed by atoms with Gasteiger partial charge in [0, 0.05) is 88.0 Å². The molecule has 0 spiro atoms. The Labute approximate surface area is 594 Å². The van der Waals surface area contributed by atoms with Crippen molar-refractivity contribution in [3.05, 3.63) is 99.4 Å². The van der Waals surface area contributed by atoms with E-state index in [4.69, 9.17) is 47.4 Å². The predicted molar refractivity (Wildman–Crippen MR) is 338 cm³/mol. The summed E-state index contributed by atoms with van der Waals surface area (Å²) in [6.45, 7) is 20.9. The third-order valence-corrected chi connectivity index (χ3v) is 14.7. The summed E-state index contributed by atoms with van der Waals surface area (Å²) in [6, 6.07) is 11.1. The molecule has 4 aromatic carbocycles. The normalized spacial score (nSPS) is 19.0. The maximum absolute atomic E-state index is 14.1. The van der Waals surface area contributed by atoms with Gasteiger partial charge in [0.1, 0.15) is 87.3 Å². The number of imide groups is 1. The van der Waals surface area contributed by atoms with Crippen molar-refractivity contribution < 1.29 is 128 Å². The molecule has 12 rings (SSSR count). The van der Waals surface area contributed by atoms with Gasteiger partial charge in [0.2, 0.25) is 5.91 Å². The van der Waals surface area contributed by atoms with E-state index < -0.39 is 34.9 Å². The Kier molecular flexibility index (Phi) is 34.4. The van der Waals surface area contributed by atoms with E-state index in [9.17, 15) is 37.1 Å². The maximum Gasteiger partial charge on any atom is 2.00 e. The van der Waals surface area contributed by atoms with Gasteiger partial charge in [0.05, 0.1) is 10.0 Å². The SMILES string of the molecule is CC(C)(C)OC(=O)N1CCCCC1(O)c1cc(F)cc2c1OCCO2.CC(C)(C)OC(=O)N1CCCCC1=O.C[CH-]C.Fc1cc(Br)c2c(c1)OCCO2.Fc1cc2c(c(C3=NCCCC3)c1)OCCO2.Fc1cc2c(c(C3CCCCN3)c1)OCCO2.[B].[Cl-].[H-].[Mg+2].[Na+]. The molecule has 3 fully saturated rings. The summed E-state index contributed by atoms with van der Waals surface area (Å²) in [4.78, 5) is 42.4. The molecular weight excluding hydrogens is 1310 g/mol. The van der Waals surface area contributed by atoms with E-state index in [1.54, 1.807) is 47.6 Å². The molecule has 2 unspecified atom stereocenters. The Morgan fingerprint density at radius 3 is 1.67 bits per heavy atom. The minimum absolute atomic E-state index is 0. The number of nitrogens with one attached hydrogen (secondary N) is 1. The largest absolute Gasteiger partial charge is 2.00 e. The van der Waals surface area contributed by atoms with Crippen LogP contribution < -0.4 is 85.2 Å². The Morgan fingerprint density at radius 1 is 0.641 bits per heavy atom.